The van der Waals surface area contributed by atoms with E-state index in [0.717, 1.165) is 12.8 Å². The van der Waals surface area contributed by atoms with Gasteiger partial charge in [-0.3, -0.25) is 14.4 Å². The standard InChI is InChI=1S/C17H18N2O3/c18-14(20)12-10-6-8-17(9-7-10)13(12)15(21)19(16(17)22)11-4-2-1-3-5-11/h1-5,10,12-13H,6-9H2,(H2,18,20)/t10?,12-,13+,17?/m1/s1. The number of primary amides is 1. The Labute approximate surface area is 128 Å². The third-order valence-corrected chi connectivity index (χ3v) is 5.84. The third-order valence-electron chi connectivity index (χ3n) is 5.84. The SMILES string of the molecule is NC(=O)[C@@H]1C2CCC3(CC2)C(=O)N(c2ccccc2)C(=O)[C@H]13. The fourth-order valence-electron chi connectivity index (χ4n) is 4.86. The second kappa shape index (κ2) is 4.41. The van der Waals surface area contributed by atoms with Crippen LogP contribution in [0.2, 0.25) is 0 Å². The summed E-state index contributed by atoms with van der Waals surface area (Å²) in [5.74, 6) is -1.73. The first kappa shape index (κ1) is 13.5. The molecule has 2 bridgehead atoms. The minimum atomic E-state index is -0.707. The van der Waals surface area contributed by atoms with Gasteiger partial charge >= 0.3 is 0 Å². The van der Waals surface area contributed by atoms with E-state index in [1.807, 2.05) is 6.07 Å². The van der Waals surface area contributed by atoms with Gasteiger partial charge in [0.15, 0.2) is 0 Å². The van der Waals surface area contributed by atoms with Gasteiger partial charge in [0.05, 0.1) is 22.9 Å². The molecule has 1 aromatic carbocycles. The van der Waals surface area contributed by atoms with E-state index in [1.54, 1.807) is 24.3 Å². The Morgan fingerprint density at radius 3 is 2.36 bits per heavy atom. The molecule has 1 aliphatic heterocycles. The summed E-state index contributed by atoms with van der Waals surface area (Å²) in [7, 11) is 0. The van der Waals surface area contributed by atoms with Gasteiger partial charge in [0.1, 0.15) is 0 Å². The first-order chi connectivity index (χ1) is 10.6. The van der Waals surface area contributed by atoms with Gasteiger partial charge in [0.25, 0.3) is 0 Å². The van der Waals surface area contributed by atoms with E-state index in [-0.39, 0.29) is 17.7 Å². The van der Waals surface area contributed by atoms with Gasteiger partial charge in [-0.2, -0.15) is 0 Å². The van der Waals surface area contributed by atoms with Crippen LogP contribution in [0.25, 0.3) is 0 Å². The normalized spacial score (nSPS) is 36.5. The largest absolute Gasteiger partial charge is 0.369 e. The number of nitrogens with zero attached hydrogens (tertiary/aromatic N) is 1. The Hall–Kier alpha value is -2.17. The summed E-state index contributed by atoms with van der Waals surface area (Å²) < 4.78 is 0. The van der Waals surface area contributed by atoms with Crippen molar-refractivity contribution < 1.29 is 14.4 Å². The van der Waals surface area contributed by atoms with Crippen molar-refractivity contribution in [2.45, 2.75) is 25.7 Å². The minimum Gasteiger partial charge on any atom is -0.369 e. The van der Waals surface area contributed by atoms with Crippen LogP contribution >= 0.6 is 0 Å². The highest BCUT2D eigenvalue weighted by Crippen LogP contribution is 2.61. The molecule has 22 heavy (non-hydrogen) atoms. The van der Waals surface area contributed by atoms with E-state index in [9.17, 15) is 14.4 Å². The maximum atomic E-state index is 13.0. The van der Waals surface area contributed by atoms with Crippen LogP contribution < -0.4 is 10.6 Å². The number of carbonyl (C=O) groups is 3. The van der Waals surface area contributed by atoms with E-state index >= 15 is 0 Å². The Morgan fingerprint density at radius 2 is 1.77 bits per heavy atom. The fraction of sp³-hybridized carbons (Fsp3) is 0.471. The zero-order valence-electron chi connectivity index (χ0n) is 12.2. The second-order valence-corrected chi connectivity index (χ2v) is 6.71. The molecule has 4 aliphatic rings. The van der Waals surface area contributed by atoms with Crippen molar-refractivity contribution in [1.29, 1.82) is 0 Å². The van der Waals surface area contributed by atoms with E-state index in [1.165, 1.54) is 4.90 Å². The molecule has 0 unspecified atom stereocenters. The van der Waals surface area contributed by atoms with Crippen molar-refractivity contribution in [3.05, 3.63) is 30.3 Å². The third kappa shape index (κ3) is 1.51. The quantitative estimate of drug-likeness (QED) is 0.839. The zero-order valence-corrected chi connectivity index (χ0v) is 12.2. The maximum absolute atomic E-state index is 13.0. The average molecular weight is 298 g/mol. The summed E-state index contributed by atoms with van der Waals surface area (Å²) in [5, 5.41) is 0. The Morgan fingerprint density at radius 1 is 1.14 bits per heavy atom. The number of rotatable bonds is 2. The molecule has 3 amide bonds. The van der Waals surface area contributed by atoms with Crippen molar-refractivity contribution in [1.82, 2.24) is 0 Å². The first-order valence-electron chi connectivity index (χ1n) is 7.79. The van der Waals surface area contributed by atoms with E-state index in [0.29, 0.717) is 18.5 Å². The molecule has 0 aromatic heterocycles. The lowest BCUT2D eigenvalue weighted by Crippen LogP contribution is -2.54. The van der Waals surface area contributed by atoms with Crippen LogP contribution in [-0.2, 0) is 14.4 Å². The van der Waals surface area contributed by atoms with Crippen molar-refractivity contribution >= 4 is 23.4 Å². The van der Waals surface area contributed by atoms with Gasteiger partial charge in [-0.25, -0.2) is 4.90 Å². The molecule has 5 heteroatoms. The fourth-order valence-corrected chi connectivity index (χ4v) is 4.86. The highest BCUT2D eigenvalue weighted by atomic mass is 16.2. The van der Waals surface area contributed by atoms with Gasteiger partial charge in [0, 0.05) is 0 Å². The van der Waals surface area contributed by atoms with Crippen LogP contribution in [0.3, 0.4) is 0 Å². The molecule has 2 atom stereocenters. The minimum absolute atomic E-state index is 0.141. The number of carbonyl (C=O) groups excluding carboxylic acids is 3. The molecule has 1 heterocycles. The van der Waals surface area contributed by atoms with Crippen LogP contribution in [0.15, 0.2) is 30.3 Å². The summed E-state index contributed by atoms with van der Waals surface area (Å²) in [4.78, 5) is 39.2. The first-order valence-corrected chi connectivity index (χ1v) is 7.79. The molecular weight excluding hydrogens is 280 g/mol. The Kier molecular flexibility index (Phi) is 2.71. The lowest BCUT2D eigenvalue weighted by atomic mass is 9.51. The van der Waals surface area contributed by atoms with E-state index in [2.05, 4.69) is 0 Å². The van der Waals surface area contributed by atoms with Gasteiger partial charge < -0.3 is 5.73 Å². The van der Waals surface area contributed by atoms with Gasteiger partial charge in [0.2, 0.25) is 17.7 Å². The molecule has 1 aromatic rings. The topological polar surface area (TPSA) is 80.5 Å². The number of fused-ring (bicyclic) bond motifs is 2. The highest BCUT2D eigenvalue weighted by molar-refractivity contribution is 6.24. The number of imide groups is 1. The van der Waals surface area contributed by atoms with Crippen LogP contribution in [0.1, 0.15) is 25.7 Å². The van der Waals surface area contributed by atoms with Gasteiger partial charge in [-0.15, -0.1) is 0 Å². The Bertz CT molecular complexity index is 662. The molecule has 4 fully saturated rings. The number of amides is 3. The summed E-state index contributed by atoms with van der Waals surface area (Å²) in [6.45, 7) is 0. The predicted molar refractivity (Wildman–Crippen MR) is 79.5 cm³/mol. The van der Waals surface area contributed by atoms with Crippen molar-refractivity contribution in [3.8, 4) is 0 Å². The lowest BCUT2D eigenvalue weighted by molar-refractivity contribution is -0.150. The van der Waals surface area contributed by atoms with Crippen LogP contribution in [0.5, 0.6) is 0 Å². The molecule has 1 spiro atoms. The number of hydrogen-bond donors (Lipinski definition) is 1. The molecule has 3 saturated carbocycles. The molecule has 5 nitrogen and oxygen atoms in total. The number of hydrogen-bond acceptors (Lipinski definition) is 3. The number of anilines is 1. The average Bonchev–Trinajstić information content (AvgIpc) is 2.77. The zero-order chi connectivity index (χ0) is 15.5. The number of para-hydroxylation sites is 1. The molecule has 2 N–H and O–H groups in total. The van der Waals surface area contributed by atoms with Crippen molar-refractivity contribution in [2.24, 2.45) is 28.9 Å². The van der Waals surface area contributed by atoms with Crippen molar-refractivity contribution in [3.63, 3.8) is 0 Å². The molecular formula is C17H18N2O3. The van der Waals surface area contributed by atoms with Crippen molar-refractivity contribution in [2.75, 3.05) is 4.90 Å². The molecule has 1 saturated heterocycles. The highest BCUT2D eigenvalue weighted by Gasteiger charge is 2.68. The smallest absolute Gasteiger partial charge is 0.240 e. The van der Waals surface area contributed by atoms with Crippen LogP contribution in [0.4, 0.5) is 5.69 Å². The molecule has 0 radical (unpaired) electrons. The maximum Gasteiger partial charge on any atom is 0.240 e. The summed E-state index contributed by atoms with van der Waals surface area (Å²) in [6, 6.07) is 8.97. The molecule has 5 rings (SSSR count). The van der Waals surface area contributed by atoms with Gasteiger partial charge in [-0.05, 0) is 43.7 Å². The van der Waals surface area contributed by atoms with Crippen LogP contribution in [-0.4, -0.2) is 17.7 Å². The van der Waals surface area contributed by atoms with Crippen LogP contribution in [0, 0.1) is 23.2 Å². The molecule has 114 valence electrons. The predicted octanol–water partition coefficient (Wildman–Crippen LogP) is 1.47. The Balaban J connectivity index is 1.83. The van der Waals surface area contributed by atoms with E-state index in [4.69, 9.17) is 5.73 Å². The second-order valence-electron chi connectivity index (χ2n) is 6.71. The van der Waals surface area contributed by atoms with Gasteiger partial charge in [-0.1, -0.05) is 18.2 Å². The number of nitrogens with two attached hydrogens (primary N) is 1. The summed E-state index contributed by atoms with van der Waals surface area (Å²) in [6.07, 6.45) is 3.01. The number of benzene rings is 1. The monoisotopic (exact) mass is 298 g/mol. The van der Waals surface area contributed by atoms with E-state index < -0.39 is 23.2 Å². The summed E-state index contributed by atoms with van der Waals surface area (Å²) >= 11 is 0. The molecule has 3 aliphatic carbocycles. The summed E-state index contributed by atoms with van der Waals surface area (Å²) in [5.41, 5.74) is 5.46. The lowest BCUT2D eigenvalue weighted by Gasteiger charge is -2.49.